The van der Waals surface area contributed by atoms with E-state index in [1.165, 1.54) is 29.3 Å². The molecule has 0 saturated heterocycles. The van der Waals surface area contributed by atoms with Gasteiger partial charge in [0.1, 0.15) is 23.4 Å². The molecule has 1 aliphatic carbocycles. The molecule has 0 unspecified atom stereocenters. The van der Waals surface area contributed by atoms with Crippen LogP contribution in [0, 0.1) is 23.0 Å². The summed E-state index contributed by atoms with van der Waals surface area (Å²) in [7, 11) is 0. The monoisotopic (exact) mass is 432 g/mol. The molecule has 1 atom stereocenters. The third-order valence-electron chi connectivity index (χ3n) is 5.61. The van der Waals surface area contributed by atoms with Crippen molar-refractivity contribution in [2.24, 2.45) is 5.73 Å². The number of halogens is 2. The number of amides is 2. The first-order chi connectivity index (χ1) is 15.4. The lowest BCUT2D eigenvalue weighted by Gasteiger charge is -2.30. The van der Waals surface area contributed by atoms with Gasteiger partial charge in [-0.1, -0.05) is 18.2 Å². The fraction of sp³-hybridized carbons (Fsp3) is 0.167. The highest BCUT2D eigenvalue weighted by Crippen LogP contribution is 2.39. The molecular weight excluding hydrogens is 414 g/mol. The van der Waals surface area contributed by atoms with Crippen LogP contribution in [0.25, 0.3) is 0 Å². The fourth-order valence-corrected chi connectivity index (χ4v) is 4.10. The highest BCUT2D eigenvalue weighted by molar-refractivity contribution is 5.96. The first kappa shape index (κ1) is 21.1. The quantitative estimate of drug-likeness (QED) is 0.665. The number of nitrogens with zero attached hydrogens (tertiary/aromatic N) is 3. The first-order valence-electron chi connectivity index (χ1n) is 9.91. The van der Waals surface area contributed by atoms with Crippen LogP contribution in [0.4, 0.5) is 8.78 Å². The lowest BCUT2D eigenvalue weighted by molar-refractivity contribution is 0.0655. The second-order valence-electron chi connectivity index (χ2n) is 7.51. The Morgan fingerprint density at radius 3 is 2.66 bits per heavy atom. The van der Waals surface area contributed by atoms with E-state index in [4.69, 9.17) is 11.0 Å². The average Bonchev–Trinajstić information content (AvgIpc) is 3.21. The van der Waals surface area contributed by atoms with Crippen LogP contribution in [0.5, 0.6) is 0 Å². The van der Waals surface area contributed by atoms with Gasteiger partial charge in [-0.2, -0.15) is 5.26 Å². The molecule has 1 aromatic heterocycles. The van der Waals surface area contributed by atoms with E-state index in [1.54, 1.807) is 24.3 Å². The molecule has 6 nitrogen and oxygen atoms in total. The van der Waals surface area contributed by atoms with Crippen molar-refractivity contribution in [1.82, 2.24) is 9.88 Å². The second-order valence-corrected chi connectivity index (χ2v) is 7.51. The van der Waals surface area contributed by atoms with Gasteiger partial charge in [-0.25, -0.2) is 13.8 Å². The molecule has 0 radical (unpaired) electrons. The molecule has 160 valence electrons. The third kappa shape index (κ3) is 3.93. The van der Waals surface area contributed by atoms with E-state index < -0.39 is 29.5 Å². The third-order valence-corrected chi connectivity index (χ3v) is 5.61. The zero-order chi connectivity index (χ0) is 22.8. The van der Waals surface area contributed by atoms with Crippen molar-refractivity contribution < 1.29 is 18.4 Å². The molecule has 0 spiro atoms. The van der Waals surface area contributed by atoms with E-state index in [1.807, 2.05) is 6.07 Å². The van der Waals surface area contributed by atoms with E-state index in [9.17, 15) is 18.4 Å². The molecule has 32 heavy (non-hydrogen) atoms. The van der Waals surface area contributed by atoms with Gasteiger partial charge < -0.3 is 10.6 Å². The van der Waals surface area contributed by atoms with Gasteiger partial charge in [-0.3, -0.25) is 9.59 Å². The summed E-state index contributed by atoms with van der Waals surface area (Å²) in [5.74, 6) is -2.45. The summed E-state index contributed by atoms with van der Waals surface area (Å²) < 4.78 is 28.4. The number of pyridine rings is 1. The van der Waals surface area contributed by atoms with Gasteiger partial charge in [0.15, 0.2) is 0 Å². The smallest absolute Gasteiger partial charge is 0.256 e. The fourth-order valence-electron chi connectivity index (χ4n) is 4.10. The molecule has 2 aromatic carbocycles. The van der Waals surface area contributed by atoms with Crippen molar-refractivity contribution in [2.45, 2.75) is 25.4 Å². The number of hydrogen-bond acceptors (Lipinski definition) is 4. The topological polar surface area (TPSA) is 100 Å². The minimum atomic E-state index is -0.724. The maximum atomic E-state index is 14.3. The summed E-state index contributed by atoms with van der Waals surface area (Å²) in [4.78, 5) is 30.8. The first-order valence-corrected chi connectivity index (χ1v) is 9.91. The Bertz CT molecular complexity index is 1250. The molecule has 1 heterocycles. The number of primary amides is 1. The van der Waals surface area contributed by atoms with Crippen molar-refractivity contribution in [2.75, 3.05) is 0 Å². The van der Waals surface area contributed by atoms with Crippen LogP contribution in [0.1, 0.15) is 55.6 Å². The molecular formula is C24H18F2N4O2. The van der Waals surface area contributed by atoms with Gasteiger partial charge in [0, 0.05) is 24.4 Å². The summed E-state index contributed by atoms with van der Waals surface area (Å²) in [6, 6.07) is 12.9. The standard InChI is InChI=1S/C24H18F2N4O2/c25-16-9-20-19(21(26)10-16)7-8-22(20)30(13-15-3-1-2-4-18(15)23(28)31)24(32)14-5-6-17(11-27)29-12-14/h1-6,9-10,12,22H,7-8,13H2,(H2,28,31)/t22-/m1/s1. The summed E-state index contributed by atoms with van der Waals surface area (Å²) in [5, 5.41) is 8.96. The number of hydrogen-bond donors (Lipinski definition) is 1. The van der Waals surface area contributed by atoms with E-state index in [0.29, 0.717) is 29.5 Å². The summed E-state index contributed by atoms with van der Waals surface area (Å²) >= 11 is 0. The Labute approximate surface area is 182 Å². The van der Waals surface area contributed by atoms with Crippen LogP contribution >= 0.6 is 0 Å². The predicted molar refractivity (Wildman–Crippen MR) is 111 cm³/mol. The van der Waals surface area contributed by atoms with Crippen molar-refractivity contribution >= 4 is 11.8 Å². The SMILES string of the molecule is N#Cc1ccc(C(=O)N(Cc2ccccc2C(N)=O)[C@@H]2CCc3c(F)cc(F)cc32)cn1. The number of nitriles is 1. The summed E-state index contributed by atoms with van der Waals surface area (Å²) in [6.07, 6.45) is 2.03. The van der Waals surface area contributed by atoms with Crippen molar-refractivity contribution in [3.05, 3.63) is 99.9 Å². The Morgan fingerprint density at radius 1 is 1.19 bits per heavy atom. The second kappa shape index (κ2) is 8.55. The van der Waals surface area contributed by atoms with Gasteiger partial charge in [0.25, 0.3) is 5.91 Å². The van der Waals surface area contributed by atoms with Crippen molar-refractivity contribution in [3.8, 4) is 6.07 Å². The maximum Gasteiger partial charge on any atom is 0.256 e. The summed E-state index contributed by atoms with van der Waals surface area (Å²) in [6.45, 7) is 0.000186. The Hall–Kier alpha value is -4.12. The van der Waals surface area contributed by atoms with Crippen molar-refractivity contribution in [3.63, 3.8) is 0 Å². The molecule has 8 heteroatoms. The number of rotatable bonds is 5. The van der Waals surface area contributed by atoms with Gasteiger partial charge in [0.2, 0.25) is 5.91 Å². The van der Waals surface area contributed by atoms with Crippen LogP contribution in [0.3, 0.4) is 0 Å². The van der Waals surface area contributed by atoms with E-state index >= 15 is 0 Å². The van der Waals surface area contributed by atoms with Gasteiger partial charge in [-0.05, 0) is 53.8 Å². The predicted octanol–water partition coefficient (Wildman–Crippen LogP) is 3.66. The number of carbonyl (C=O) groups excluding carboxylic acids is 2. The number of aromatic nitrogens is 1. The zero-order valence-corrected chi connectivity index (χ0v) is 16.9. The molecule has 0 bridgehead atoms. The average molecular weight is 432 g/mol. The van der Waals surface area contributed by atoms with Crippen LogP contribution in [-0.4, -0.2) is 21.7 Å². The van der Waals surface area contributed by atoms with Crippen LogP contribution in [0.2, 0.25) is 0 Å². The Morgan fingerprint density at radius 2 is 1.97 bits per heavy atom. The highest BCUT2D eigenvalue weighted by Gasteiger charge is 2.34. The van der Waals surface area contributed by atoms with Gasteiger partial charge >= 0.3 is 0 Å². The molecule has 2 amide bonds. The lowest BCUT2D eigenvalue weighted by atomic mass is 10.0. The molecule has 0 fully saturated rings. The number of fused-ring (bicyclic) bond motifs is 1. The van der Waals surface area contributed by atoms with Gasteiger partial charge in [-0.15, -0.1) is 0 Å². The molecule has 2 N–H and O–H groups in total. The molecule has 1 aliphatic rings. The van der Waals surface area contributed by atoms with Crippen molar-refractivity contribution in [1.29, 1.82) is 5.26 Å². The van der Waals surface area contributed by atoms with E-state index in [0.717, 1.165) is 6.07 Å². The van der Waals surface area contributed by atoms with E-state index in [-0.39, 0.29) is 23.4 Å². The Balaban J connectivity index is 1.79. The van der Waals surface area contributed by atoms with Crippen LogP contribution < -0.4 is 5.73 Å². The van der Waals surface area contributed by atoms with Crippen LogP contribution in [0.15, 0.2) is 54.7 Å². The lowest BCUT2D eigenvalue weighted by Crippen LogP contribution is -2.34. The highest BCUT2D eigenvalue weighted by atomic mass is 19.1. The van der Waals surface area contributed by atoms with Crippen LogP contribution in [-0.2, 0) is 13.0 Å². The number of nitrogens with two attached hydrogens (primary N) is 1. The molecule has 4 rings (SSSR count). The largest absolute Gasteiger partial charge is 0.366 e. The van der Waals surface area contributed by atoms with Gasteiger partial charge in [0.05, 0.1) is 11.6 Å². The molecule has 0 aliphatic heterocycles. The molecule has 3 aromatic rings. The zero-order valence-electron chi connectivity index (χ0n) is 16.9. The van der Waals surface area contributed by atoms with E-state index in [2.05, 4.69) is 4.98 Å². The summed E-state index contributed by atoms with van der Waals surface area (Å²) in [5.41, 5.74) is 7.40. The maximum absolute atomic E-state index is 14.3. The minimum absolute atomic E-state index is 0.000186. The number of carbonyl (C=O) groups is 2. The number of benzene rings is 2. The Kier molecular flexibility index (Phi) is 5.65. The minimum Gasteiger partial charge on any atom is -0.366 e. The normalized spacial score (nSPS) is 14.5. The molecule has 0 saturated carbocycles.